The highest BCUT2D eigenvalue weighted by Crippen LogP contribution is 2.53. The average molecular weight is 551 g/mol. The number of nitrogens with zero attached hydrogens (tertiary/aromatic N) is 6. The average Bonchev–Trinajstić information content (AvgIpc) is 2.84. The van der Waals surface area contributed by atoms with Crippen molar-refractivity contribution in [3.05, 3.63) is 22.3 Å². The highest BCUT2D eigenvalue weighted by Gasteiger charge is 2.46. The molecule has 4 rings (SSSR count). The van der Waals surface area contributed by atoms with Crippen molar-refractivity contribution in [3.8, 4) is 10.8 Å². The van der Waals surface area contributed by atoms with Crippen molar-refractivity contribution in [1.82, 2.24) is 9.80 Å². The summed E-state index contributed by atoms with van der Waals surface area (Å²) in [5.41, 5.74) is -0.820. The van der Waals surface area contributed by atoms with E-state index in [0.29, 0.717) is 23.5 Å². The number of benzene rings is 2. The van der Waals surface area contributed by atoms with Crippen molar-refractivity contribution in [2.75, 3.05) is 13.1 Å². The Morgan fingerprint density at radius 3 is 1.31 bits per heavy atom. The maximum absolute atomic E-state index is 13.6. The molecule has 10 nitrogen and oxygen atoms in total. The van der Waals surface area contributed by atoms with Gasteiger partial charge in [0.2, 0.25) is 0 Å². The molecular formula is C22H10N6O4S4. The summed E-state index contributed by atoms with van der Waals surface area (Å²) in [6.07, 6.45) is 0. The molecule has 0 radical (unpaired) electrons. The molecule has 0 atom stereocenters. The lowest BCUT2D eigenvalue weighted by Crippen LogP contribution is -2.44. The fourth-order valence-corrected chi connectivity index (χ4v) is 5.98. The number of amides is 4. The Bertz CT molecular complexity index is 1520. The largest absolute Gasteiger partial charge is 0.275 e. The first kappa shape index (κ1) is 25.4. The van der Waals surface area contributed by atoms with Gasteiger partial charge in [0.15, 0.2) is 0 Å². The van der Waals surface area contributed by atoms with Gasteiger partial charge in [-0.15, -0.1) is 0 Å². The van der Waals surface area contributed by atoms with Gasteiger partial charge in [-0.05, 0) is 61.8 Å². The Morgan fingerprint density at radius 2 is 1.03 bits per heavy atom. The summed E-state index contributed by atoms with van der Waals surface area (Å²) in [5.74, 6) is -3.01. The Labute approximate surface area is 222 Å². The van der Waals surface area contributed by atoms with Crippen molar-refractivity contribution in [2.24, 2.45) is 9.98 Å². The first-order chi connectivity index (χ1) is 17.3. The van der Waals surface area contributed by atoms with Crippen molar-refractivity contribution in [1.29, 1.82) is 10.5 Å². The van der Waals surface area contributed by atoms with Crippen molar-refractivity contribution >= 4 is 104 Å². The van der Waals surface area contributed by atoms with Gasteiger partial charge in [0.05, 0.1) is 42.4 Å². The molecule has 0 unspecified atom stereocenters. The van der Waals surface area contributed by atoms with E-state index in [0.717, 1.165) is 9.80 Å². The fourth-order valence-electron chi connectivity index (χ4n) is 4.40. The van der Waals surface area contributed by atoms with Crippen LogP contribution in [0.1, 0.15) is 55.3 Å². The van der Waals surface area contributed by atoms with E-state index >= 15 is 0 Å². The molecule has 0 aliphatic carbocycles. The lowest BCUT2D eigenvalue weighted by atomic mass is 9.83. The van der Waals surface area contributed by atoms with Crippen LogP contribution in [0, 0.1) is 21.3 Å². The predicted octanol–water partition coefficient (Wildman–Crippen LogP) is 4.69. The van der Waals surface area contributed by atoms with E-state index in [-0.39, 0.29) is 67.3 Å². The SMILES string of the molecule is CCN1C(=O)c2c(N=C=S)c(N=C=S)c3c4c(c(SC#N)c(SC#N)c(c24)C1=O)C(=O)N(CC)C3=O. The molecule has 4 amide bonds. The molecule has 0 N–H and O–H groups in total. The Balaban J connectivity index is 2.50. The summed E-state index contributed by atoms with van der Waals surface area (Å²) < 4.78 is 0. The number of nitriles is 2. The minimum Gasteiger partial charge on any atom is -0.275 e. The standard InChI is InChI=1S/C22H10N6O4S4/c1-3-27-19(29)11-9-10-12(16(26-8-34)15(11)25-7-33)20(30)28(4-2)22(32)14(10)18(36-6-24)17(35-5-23)13(9)21(27)31/h3-4H2,1-2H3. The van der Waals surface area contributed by atoms with Crippen LogP contribution in [0.25, 0.3) is 10.8 Å². The second-order valence-corrected chi connectivity index (χ2v) is 9.06. The van der Waals surface area contributed by atoms with Crippen LogP contribution in [0.2, 0.25) is 0 Å². The molecule has 0 bridgehead atoms. The minimum absolute atomic E-state index is 0.0248. The molecule has 2 aliphatic rings. The van der Waals surface area contributed by atoms with E-state index in [1.165, 1.54) is 0 Å². The number of aliphatic imine (C=N–C) groups is 2. The van der Waals surface area contributed by atoms with Crippen LogP contribution in [-0.4, -0.2) is 56.8 Å². The maximum Gasteiger partial charge on any atom is 0.263 e. The van der Waals surface area contributed by atoms with Crippen LogP contribution in [0.3, 0.4) is 0 Å². The molecule has 2 heterocycles. The zero-order valence-electron chi connectivity index (χ0n) is 18.4. The number of thiocyanates is 2. The van der Waals surface area contributed by atoms with Crippen LogP contribution < -0.4 is 0 Å². The van der Waals surface area contributed by atoms with Gasteiger partial charge >= 0.3 is 0 Å². The third-order valence-corrected chi connectivity index (χ3v) is 7.41. The first-order valence-electron chi connectivity index (χ1n) is 10.1. The summed E-state index contributed by atoms with van der Waals surface area (Å²) >= 11 is 10.7. The summed E-state index contributed by atoms with van der Waals surface area (Å²) in [6.45, 7) is 3.09. The van der Waals surface area contributed by atoms with E-state index < -0.39 is 23.6 Å². The fraction of sp³-hybridized carbons (Fsp3) is 0.182. The number of isothiocyanates is 2. The summed E-state index contributed by atoms with van der Waals surface area (Å²) in [6, 6.07) is 0. The highest BCUT2D eigenvalue weighted by atomic mass is 32.2. The topological polar surface area (TPSA) is 147 Å². The van der Waals surface area contributed by atoms with E-state index in [2.05, 4.69) is 20.3 Å². The number of carbonyl (C=O) groups excluding carboxylic acids is 4. The van der Waals surface area contributed by atoms with E-state index in [4.69, 9.17) is 24.4 Å². The smallest absolute Gasteiger partial charge is 0.263 e. The van der Waals surface area contributed by atoms with Gasteiger partial charge < -0.3 is 0 Å². The monoisotopic (exact) mass is 550 g/mol. The zero-order chi connectivity index (χ0) is 26.3. The molecule has 0 saturated heterocycles. The first-order valence-corrected chi connectivity index (χ1v) is 12.5. The van der Waals surface area contributed by atoms with Crippen molar-refractivity contribution < 1.29 is 19.2 Å². The van der Waals surface area contributed by atoms with Gasteiger partial charge in [0, 0.05) is 23.9 Å². The minimum atomic E-state index is -0.760. The second-order valence-electron chi connectivity index (χ2n) is 7.11. The van der Waals surface area contributed by atoms with E-state index in [1.807, 2.05) is 10.8 Å². The third kappa shape index (κ3) is 3.33. The van der Waals surface area contributed by atoms with Gasteiger partial charge in [-0.2, -0.15) is 20.5 Å². The molecule has 36 heavy (non-hydrogen) atoms. The number of imide groups is 2. The summed E-state index contributed by atoms with van der Waals surface area (Å²) in [5, 5.41) is 27.1. The van der Waals surface area contributed by atoms with Crippen LogP contribution >= 0.6 is 48.0 Å². The Morgan fingerprint density at radius 1 is 0.694 bits per heavy atom. The number of rotatable bonds is 6. The predicted molar refractivity (Wildman–Crippen MR) is 138 cm³/mol. The highest BCUT2D eigenvalue weighted by molar-refractivity contribution is 8.06. The van der Waals surface area contributed by atoms with E-state index in [9.17, 15) is 29.7 Å². The zero-order valence-corrected chi connectivity index (χ0v) is 21.6. The molecule has 2 aromatic carbocycles. The lowest BCUT2D eigenvalue weighted by molar-refractivity contribution is 0.0594. The lowest BCUT2D eigenvalue weighted by Gasteiger charge is -2.34. The van der Waals surface area contributed by atoms with Gasteiger partial charge in [-0.3, -0.25) is 29.0 Å². The molecule has 0 spiro atoms. The molecule has 0 fully saturated rings. The van der Waals surface area contributed by atoms with Gasteiger partial charge in [-0.25, -0.2) is 0 Å². The molecule has 2 aromatic rings. The quantitative estimate of drug-likeness (QED) is 0.163. The third-order valence-electron chi connectivity index (χ3n) is 5.69. The number of hydrogen-bond acceptors (Lipinski definition) is 12. The number of thioether (sulfide) groups is 2. The van der Waals surface area contributed by atoms with Crippen LogP contribution in [-0.2, 0) is 0 Å². The molecular weight excluding hydrogens is 541 g/mol. The molecule has 0 saturated carbocycles. The number of carbonyl (C=O) groups is 4. The number of thiocarbonyl (C=S) groups is 2. The maximum atomic E-state index is 13.6. The Hall–Kier alpha value is -3.74. The van der Waals surface area contributed by atoms with Gasteiger partial charge in [-0.1, -0.05) is 0 Å². The van der Waals surface area contributed by atoms with Crippen LogP contribution in [0.5, 0.6) is 0 Å². The summed E-state index contributed by atoms with van der Waals surface area (Å²) in [4.78, 5) is 64.2. The normalized spacial score (nSPS) is 13.8. The van der Waals surface area contributed by atoms with Crippen molar-refractivity contribution in [2.45, 2.75) is 23.6 Å². The van der Waals surface area contributed by atoms with Gasteiger partial charge in [0.25, 0.3) is 23.6 Å². The summed E-state index contributed by atoms with van der Waals surface area (Å²) in [7, 11) is 0. The van der Waals surface area contributed by atoms with E-state index in [1.54, 1.807) is 13.8 Å². The Kier molecular flexibility index (Phi) is 6.85. The molecule has 2 aliphatic heterocycles. The van der Waals surface area contributed by atoms with Crippen molar-refractivity contribution in [3.63, 3.8) is 0 Å². The second kappa shape index (κ2) is 9.72. The van der Waals surface area contributed by atoms with Crippen LogP contribution in [0.15, 0.2) is 19.8 Å². The molecule has 0 aromatic heterocycles. The van der Waals surface area contributed by atoms with Gasteiger partial charge in [0.1, 0.15) is 22.2 Å². The molecule has 14 heteroatoms. The molecule has 176 valence electrons. The number of hydrogen-bond donors (Lipinski definition) is 0. The van der Waals surface area contributed by atoms with Crippen LogP contribution in [0.4, 0.5) is 11.4 Å².